The lowest BCUT2D eigenvalue weighted by molar-refractivity contribution is -0.143. The highest BCUT2D eigenvalue weighted by atomic mass is 32.2. The molecule has 3 aliphatic heterocycles. The summed E-state index contributed by atoms with van der Waals surface area (Å²) in [5.41, 5.74) is 1.91. The molecule has 0 spiro atoms. The molecule has 5 aliphatic rings. The van der Waals surface area contributed by atoms with Crippen LogP contribution in [-0.4, -0.2) is 104 Å². The molecule has 1 aromatic heterocycles. The van der Waals surface area contributed by atoms with Crippen LogP contribution in [0.1, 0.15) is 75.6 Å². The standard InChI is InChI=1S/C36H46N6O8S/c1-21-15-28(41(3)39-21)27-17-31(26-12-13-30(48-4)22(2)33(26)37-27)50-24-16-29-34(44)38-36(35(45)40-51(46,47)25-10-11-25)18-23(36)9-7-5-6-8-14-49-20-32(43)42(29)19-24/h7,9,12-13,17,23-25,28-29H,5-6,8,10-11,14-16,18-20H2,1-4H3,(H,38,44)(H,40,45)/b9-7-/t23-,24-,28?,29+,36-/m1/s1. The Balaban J connectivity index is 1.19. The van der Waals surface area contributed by atoms with Gasteiger partial charge < -0.3 is 24.4 Å². The van der Waals surface area contributed by atoms with E-state index in [1.165, 1.54) is 4.90 Å². The number of hydrogen-bond donors (Lipinski definition) is 2. The Hall–Kier alpha value is -4.24. The number of carbonyl (C=O) groups is 3. The van der Waals surface area contributed by atoms with Crippen LogP contribution in [0.25, 0.3) is 10.9 Å². The number of amides is 3. The molecular formula is C36H46N6O8S. The second-order valence-electron chi connectivity index (χ2n) is 14.4. The van der Waals surface area contributed by atoms with E-state index >= 15 is 0 Å². The zero-order valence-electron chi connectivity index (χ0n) is 29.5. The largest absolute Gasteiger partial charge is 0.496 e. The molecule has 7 rings (SSSR count). The van der Waals surface area contributed by atoms with Gasteiger partial charge in [-0.05, 0) is 64.5 Å². The van der Waals surface area contributed by atoms with E-state index < -0.39 is 44.8 Å². The van der Waals surface area contributed by atoms with E-state index in [-0.39, 0.29) is 43.9 Å². The normalized spacial score (nSPS) is 29.3. The Morgan fingerprint density at radius 1 is 1.14 bits per heavy atom. The molecular weight excluding hydrogens is 676 g/mol. The Morgan fingerprint density at radius 2 is 1.94 bits per heavy atom. The minimum Gasteiger partial charge on any atom is -0.496 e. The van der Waals surface area contributed by atoms with Crippen molar-refractivity contribution in [1.82, 2.24) is 24.9 Å². The van der Waals surface area contributed by atoms with Crippen LogP contribution in [0.5, 0.6) is 11.5 Å². The smallest absolute Gasteiger partial charge is 0.259 e. The molecule has 5 atom stereocenters. The average Bonchev–Trinajstić information content (AvgIpc) is 3.99. The summed E-state index contributed by atoms with van der Waals surface area (Å²) in [5.74, 6) is -0.776. The monoisotopic (exact) mass is 722 g/mol. The minimum atomic E-state index is -3.84. The Bertz CT molecular complexity index is 1910. The van der Waals surface area contributed by atoms with Crippen LogP contribution in [0.3, 0.4) is 0 Å². The van der Waals surface area contributed by atoms with Gasteiger partial charge in [0.2, 0.25) is 21.8 Å². The molecule has 14 nitrogen and oxygen atoms in total. The van der Waals surface area contributed by atoms with Gasteiger partial charge in [0.15, 0.2) is 0 Å². The molecule has 1 unspecified atom stereocenters. The first-order chi connectivity index (χ1) is 24.4. The van der Waals surface area contributed by atoms with Crippen molar-refractivity contribution in [2.75, 3.05) is 33.9 Å². The lowest BCUT2D eigenvalue weighted by Crippen LogP contribution is -2.56. The maximum Gasteiger partial charge on any atom is 0.259 e. The number of nitrogens with one attached hydrogen (secondary N) is 2. The molecule has 2 N–H and O–H groups in total. The fourth-order valence-electron chi connectivity index (χ4n) is 7.50. The van der Waals surface area contributed by atoms with Crippen molar-refractivity contribution in [2.45, 2.75) is 94.2 Å². The lowest BCUT2D eigenvalue weighted by Gasteiger charge is -2.26. The predicted molar refractivity (Wildman–Crippen MR) is 189 cm³/mol. The molecule has 1 saturated heterocycles. The van der Waals surface area contributed by atoms with E-state index in [1.807, 2.05) is 56.3 Å². The number of carbonyl (C=O) groups excluding carboxylic acids is 3. The highest BCUT2D eigenvalue weighted by Gasteiger charge is 2.62. The third-order valence-corrected chi connectivity index (χ3v) is 12.5. The second-order valence-corrected chi connectivity index (χ2v) is 16.4. The summed E-state index contributed by atoms with van der Waals surface area (Å²) in [7, 11) is -0.316. The zero-order chi connectivity index (χ0) is 36.1. The van der Waals surface area contributed by atoms with Gasteiger partial charge in [0, 0.05) is 55.1 Å². The van der Waals surface area contributed by atoms with Crippen LogP contribution < -0.4 is 19.5 Å². The highest BCUT2D eigenvalue weighted by Crippen LogP contribution is 2.46. The number of allylic oxidation sites excluding steroid dienone is 1. The van der Waals surface area contributed by atoms with Gasteiger partial charge in [0.25, 0.3) is 5.91 Å². The van der Waals surface area contributed by atoms with Crippen molar-refractivity contribution < 1.29 is 37.0 Å². The summed E-state index contributed by atoms with van der Waals surface area (Å²) >= 11 is 0. The molecule has 3 amide bonds. The Kier molecular flexibility index (Phi) is 9.46. The maximum atomic E-state index is 14.2. The molecule has 2 aromatic rings. The first-order valence-electron chi connectivity index (χ1n) is 17.7. The first kappa shape index (κ1) is 35.2. The van der Waals surface area contributed by atoms with Crippen molar-refractivity contribution >= 4 is 44.4 Å². The molecule has 2 aliphatic carbocycles. The van der Waals surface area contributed by atoms with Crippen LogP contribution in [0, 0.1) is 12.8 Å². The summed E-state index contributed by atoms with van der Waals surface area (Å²) in [6.07, 6.45) is 7.66. The quantitative estimate of drug-likeness (QED) is 0.406. The van der Waals surface area contributed by atoms with Gasteiger partial charge in [-0.15, -0.1) is 0 Å². The number of sulfonamides is 1. The van der Waals surface area contributed by atoms with E-state index in [2.05, 4.69) is 15.1 Å². The van der Waals surface area contributed by atoms with Crippen molar-refractivity contribution in [3.63, 3.8) is 0 Å². The Morgan fingerprint density at radius 3 is 2.67 bits per heavy atom. The molecule has 0 radical (unpaired) electrons. The molecule has 274 valence electrons. The fourth-order valence-corrected chi connectivity index (χ4v) is 8.86. The molecule has 51 heavy (non-hydrogen) atoms. The number of ether oxygens (including phenoxy) is 3. The van der Waals surface area contributed by atoms with E-state index in [9.17, 15) is 22.8 Å². The third-order valence-electron chi connectivity index (χ3n) is 10.6. The number of aromatic nitrogens is 1. The van der Waals surface area contributed by atoms with E-state index in [0.717, 1.165) is 47.1 Å². The van der Waals surface area contributed by atoms with Crippen LogP contribution in [0.4, 0.5) is 0 Å². The second kappa shape index (κ2) is 13.7. The van der Waals surface area contributed by atoms with Crippen LogP contribution in [0.2, 0.25) is 0 Å². The number of hydrogen-bond acceptors (Lipinski definition) is 11. The number of hydrazone groups is 1. The average molecular weight is 723 g/mol. The zero-order valence-corrected chi connectivity index (χ0v) is 30.3. The SMILES string of the molecule is COc1ccc2c(O[C@@H]3C[C@H]4C(=O)N[C@]5(C(=O)NS(=O)(=O)C6CC6)C[C@H]5/C=C\CCCCOCC(=O)N4C3)cc(C3CC(C)=NN3C)nc2c1C. The number of aryl methyl sites for hydroxylation is 1. The highest BCUT2D eigenvalue weighted by molar-refractivity contribution is 7.91. The number of pyridine rings is 1. The molecule has 2 saturated carbocycles. The maximum absolute atomic E-state index is 14.2. The van der Waals surface area contributed by atoms with Crippen LogP contribution in [0.15, 0.2) is 35.5 Å². The van der Waals surface area contributed by atoms with Gasteiger partial charge >= 0.3 is 0 Å². The van der Waals surface area contributed by atoms with Crippen molar-refractivity contribution in [3.8, 4) is 11.5 Å². The Labute approximate surface area is 298 Å². The molecule has 0 bridgehead atoms. The topological polar surface area (TPSA) is 169 Å². The number of benzene rings is 1. The summed E-state index contributed by atoms with van der Waals surface area (Å²) in [6.45, 7) is 4.23. The van der Waals surface area contributed by atoms with E-state index in [1.54, 1.807) is 7.11 Å². The van der Waals surface area contributed by atoms with E-state index in [0.29, 0.717) is 37.4 Å². The van der Waals surface area contributed by atoms with Gasteiger partial charge in [-0.1, -0.05) is 12.2 Å². The molecule has 1 aromatic carbocycles. The molecule has 4 heterocycles. The van der Waals surface area contributed by atoms with Gasteiger partial charge in [-0.2, -0.15) is 5.10 Å². The minimum absolute atomic E-state index is 0.0990. The molecule has 3 fully saturated rings. The number of nitrogens with zero attached hydrogens (tertiary/aromatic N) is 4. The summed E-state index contributed by atoms with van der Waals surface area (Å²) in [4.78, 5) is 47.9. The van der Waals surface area contributed by atoms with Gasteiger partial charge in [0.05, 0.1) is 36.2 Å². The van der Waals surface area contributed by atoms with Gasteiger partial charge in [0.1, 0.15) is 35.8 Å². The van der Waals surface area contributed by atoms with Crippen molar-refractivity contribution in [1.29, 1.82) is 0 Å². The van der Waals surface area contributed by atoms with Gasteiger partial charge in [-0.25, -0.2) is 13.4 Å². The number of fused-ring (bicyclic) bond motifs is 3. The summed E-state index contributed by atoms with van der Waals surface area (Å²) in [5, 5.41) is 9.54. The summed E-state index contributed by atoms with van der Waals surface area (Å²) < 4.78 is 45.8. The lowest BCUT2D eigenvalue weighted by atomic mass is 10.0. The number of methoxy groups -OCH3 is 1. The first-order valence-corrected chi connectivity index (χ1v) is 19.3. The van der Waals surface area contributed by atoms with Crippen molar-refractivity contribution in [2.24, 2.45) is 11.0 Å². The summed E-state index contributed by atoms with van der Waals surface area (Å²) in [6, 6.07) is 4.59. The number of rotatable bonds is 7. The van der Waals surface area contributed by atoms with Crippen molar-refractivity contribution in [3.05, 3.63) is 41.6 Å². The third kappa shape index (κ3) is 7.02. The molecule has 15 heteroatoms. The van der Waals surface area contributed by atoms with Gasteiger partial charge in [-0.3, -0.25) is 24.1 Å². The van der Waals surface area contributed by atoms with Crippen LogP contribution in [-0.2, 0) is 29.1 Å². The van der Waals surface area contributed by atoms with E-state index in [4.69, 9.17) is 19.2 Å². The fraction of sp³-hybridized carbons (Fsp3) is 0.583. The van der Waals surface area contributed by atoms with Crippen LogP contribution >= 0.6 is 0 Å². The predicted octanol–water partition coefficient (Wildman–Crippen LogP) is 2.89.